The van der Waals surface area contributed by atoms with E-state index < -0.39 is 0 Å². The zero-order valence-electron chi connectivity index (χ0n) is 12.4. The number of benzene rings is 1. The van der Waals surface area contributed by atoms with Crippen LogP contribution in [0.4, 0.5) is 0 Å². The molecule has 1 saturated heterocycles. The molecule has 1 aliphatic heterocycles. The highest BCUT2D eigenvalue weighted by atomic mass is 16.5. The Morgan fingerprint density at radius 3 is 2.62 bits per heavy atom. The largest absolute Gasteiger partial charge is 0.381 e. The Morgan fingerprint density at radius 2 is 1.90 bits per heavy atom. The van der Waals surface area contributed by atoms with Crippen molar-refractivity contribution in [1.29, 1.82) is 0 Å². The molecule has 0 bridgehead atoms. The lowest BCUT2D eigenvalue weighted by Gasteiger charge is -2.22. The van der Waals surface area contributed by atoms with Crippen molar-refractivity contribution in [2.75, 3.05) is 19.8 Å². The molecule has 0 spiro atoms. The Labute approximate surface area is 126 Å². The lowest BCUT2D eigenvalue weighted by atomic mass is 10.0. The maximum absolute atomic E-state index is 5.39. The predicted molar refractivity (Wildman–Crippen MR) is 83.0 cm³/mol. The van der Waals surface area contributed by atoms with Gasteiger partial charge in [0.2, 0.25) is 0 Å². The first kappa shape index (κ1) is 14.3. The summed E-state index contributed by atoms with van der Waals surface area (Å²) in [6, 6.07) is 10.7. The first-order valence-corrected chi connectivity index (χ1v) is 7.74. The molecule has 0 amide bonds. The lowest BCUT2D eigenvalue weighted by molar-refractivity contribution is 0.0662. The van der Waals surface area contributed by atoms with Gasteiger partial charge in [0.1, 0.15) is 0 Å². The van der Waals surface area contributed by atoms with E-state index >= 15 is 0 Å². The van der Waals surface area contributed by atoms with E-state index in [-0.39, 0.29) is 0 Å². The molecule has 0 aliphatic carbocycles. The molecule has 0 atom stereocenters. The second kappa shape index (κ2) is 7.38. The van der Waals surface area contributed by atoms with Crippen LogP contribution in [0.5, 0.6) is 0 Å². The first-order valence-electron chi connectivity index (χ1n) is 7.74. The Balaban J connectivity index is 1.43. The molecule has 21 heavy (non-hydrogen) atoms. The molecule has 2 aromatic rings. The lowest BCUT2D eigenvalue weighted by Crippen LogP contribution is -2.27. The van der Waals surface area contributed by atoms with Crippen LogP contribution in [0.25, 0.3) is 0 Å². The van der Waals surface area contributed by atoms with Gasteiger partial charge in [0.15, 0.2) is 0 Å². The van der Waals surface area contributed by atoms with Gasteiger partial charge in [-0.1, -0.05) is 24.3 Å². The van der Waals surface area contributed by atoms with Crippen molar-refractivity contribution >= 4 is 0 Å². The standard InChI is InChI=1S/C17H23N3O/c1-8-19-20(9-1)14-17-4-2-15(3-5-17)12-18-13-16-6-10-21-11-7-16/h1-5,8-9,16,18H,6-7,10-14H2. The molecule has 1 aromatic carbocycles. The van der Waals surface area contributed by atoms with Gasteiger partial charge in [-0.15, -0.1) is 0 Å². The van der Waals surface area contributed by atoms with Crippen LogP contribution < -0.4 is 5.32 Å². The number of rotatable bonds is 6. The van der Waals surface area contributed by atoms with Crippen molar-refractivity contribution in [2.24, 2.45) is 5.92 Å². The molecule has 0 unspecified atom stereocenters. The van der Waals surface area contributed by atoms with Crippen LogP contribution in [0.1, 0.15) is 24.0 Å². The van der Waals surface area contributed by atoms with E-state index in [9.17, 15) is 0 Å². The molecule has 0 saturated carbocycles. The van der Waals surface area contributed by atoms with Gasteiger partial charge in [0, 0.05) is 32.2 Å². The van der Waals surface area contributed by atoms with Crippen LogP contribution in [0.2, 0.25) is 0 Å². The number of ether oxygens (including phenoxy) is 1. The maximum atomic E-state index is 5.39. The highest BCUT2D eigenvalue weighted by Gasteiger charge is 2.12. The zero-order chi connectivity index (χ0) is 14.3. The van der Waals surface area contributed by atoms with E-state index in [2.05, 4.69) is 34.7 Å². The Morgan fingerprint density at radius 1 is 1.14 bits per heavy atom. The SMILES string of the molecule is c1cnn(Cc2ccc(CNCC3CCOCC3)cc2)c1. The minimum absolute atomic E-state index is 0.776. The van der Waals surface area contributed by atoms with Gasteiger partial charge >= 0.3 is 0 Å². The summed E-state index contributed by atoms with van der Waals surface area (Å²) in [5.74, 6) is 0.776. The van der Waals surface area contributed by atoms with E-state index in [1.165, 1.54) is 24.0 Å². The summed E-state index contributed by atoms with van der Waals surface area (Å²) in [5, 5.41) is 7.79. The summed E-state index contributed by atoms with van der Waals surface area (Å²) in [5.41, 5.74) is 2.62. The molecule has 0 radical (unpaired) electrons. The van der Waals surface area contributed by atoms with E-state index in [1.807, 2.05) is 23.1 Å². The smallest absolute Gasteiger partial charge is 0.0659 e. The maximum Gasteiger partial charge on any atom is 0.0659 e. The average molecular weight is 285 g/mol. The molecule has 1 fully saturated rings. The van der Waals surface area contributed by atoms with Crippen LogP contribution in [0, 0.1) is 5.92 Å². The third-order valence-electron chi connectivity index (χ3n) is 4.03. The van der Waals surface area contributed by atoms with Crippen molar-refractivity contribution in [2.45, 2.75) is 25.9 Å². The molecule has 4 heteroatoms. The number of nitrogens with zero attached hydrogens (tertiary/aromatic N) is 2. The highest BCUT2D eigenvalue weighted by Crippen LogP contribution is 2.13. The van der Waals surface area contributed by atoms with Gasteiger partial charge in [0.05, 0.1) is 6.54 Å². The highest BCUT2D eigenvalue weighted by molar-refractivity contribution is 5.22. The monoisotopic (exact) mass is 285 g/mol. The summed E-state index contributed by atoms with van der Waals surface area (Å²) in [7, 11) is 0. The molecule has 3 rings (SSSR count). The minimum atomic E-state index is 0.776. The molecule has 1 aromatic heterocycles. The van der Waals surface area contributed by atoms with E-state index in [0.717, 1.165) is 38.8 Å². The first-order chi connectivity index (χ1) is 10.4. The Hall–Kier alpha value is -1.65. The molecule has 112 valence electrons. The molecule has 2 heterocycles. The number of hydrogen-bond donors (Lipinski definition) is 1. The summed E-state index contributed by atoms with van der Waals surface area (Å²) in [4.78, 5) is 0. The Bertz CT molecular complexity index is 515. The van der Waals surface area contributed by atoms with Crippen molar-refractivity contribution in [3.63, 3.8) is 0 Å². The van der Waals surface area contributed by atoms with Crippen LogP contribution in [0.15, 0.2) is 42.7 Å². The summed E-state index contributed by atoms with van der Waals surface area (Å²) in [6.07, 6.45) is 6.18. The molecule has 4 nitrogen and oxygen atoms in total. The quantitative estimate of drug-likeness (QED) is 0.886. The van der Waals surface area contributed by atoms with Gasteiger partial charge in [-0.05, 0) is 42.5 Å². The van der Waals surface area contributed by atoms with Crippen LogP contribution in [-0.4, -0.2) is 29.5 Å². The Kier molecular flexibility index (Phi) is 5.03. The average Bonchev–Trinajstić information content (AvgIpc) is 3.03. The zero-order valence-corrected chi connectivity index (χ0v) is 12.4. The van der Waals surface area contributed by atoms with Gasteiger partial charge in [-0.3, -0.25) is 4.68 Å². The van der Waals surface area contributed by atoms with E-state index in [4.69, 9.17) is 4.74 Å². The molecular weight excluding hydrogens is 262 g/mol. The van der Waals surface area contributed by atoms with Crippen LogP contribution >= 0.6 is 0 Å². The molecular formula is C17H23N3O. The summed E-state index contributed by atoms with van der Waals surface area (Å²) < 4.78 is 7.33. The van der Waals surface area contributed by atoms with Gasteiger partial charge in [0.25, 0.3) is 0 Å². The second-order valence-electron chi connectivity index (χ2n) is 5.71. The second-order valence-corrected chi connectivity index (χ2v) is 5.71. The van der Waals surface area contributed by atoms with Crippen molar-refractivity contribution < 1.29 is 4.74 Å². The summed E-state index contributed by atoms with van der Waals surface area (Å²) in [6.45, 7) is 4.73. The van der Waals surface area contributed by atoms with E-state index in [1.54, 1.807) is 0 Å². The fourth-order valence-electron chi connectivity index (χ4n) is 2.71. The molecule has 1 aliphatic rings. The van der Waals surface area contributed by atoms with E-state index in [0.29, 0.717) is 0 Å². The predicted octanol–water partition coefficient (Wildman–Crippen LogP) is 2.45. The fraction of sp³-hybridized carbons (Fsp3) is 0.471. The van der Waals surface area contributed by atoms with Crippen molar-refractivity contribution in [3.05, 3.63) is 53.9 Å². The number of hydrogen-bond acceptors (Lipinski definition) is 3. The third kappa shape index (κ3) is 4.41. The molecule has 1 N–H and O–H groups in total. The van der Waals surface area contributed by atoms with Crippen molar-refractivity contribution in [3.8, 4) is 0 Å². The number of aromatic nitrogens is 2. The van der Waals surface area contributed by atoms with Crippen LogP contribution in [0.3, 0.4) is 0 Å². The van der Waals surface area contributed by atoms with Gasteiger partial charge in [-0.2, -0.15) is 5.10 Å². The third-order valence-corrected chi connectivity index (χ3v) is 4.03. The minimum Gasteiger partial charge on any atom is -0.381 e. The van der Waals surface area contributed by atoms with Crippen molar-refractivity contribution in [1.82, 2.24) is 15.1 Å². The summed E-state index contributed by atoms with van der Waals surface area (Å²) >= 11 is 0. The topological polar surface area (TPSA) is 39.1 Å². The fourth-order valence-corrected chi connectivity index (χ4v) is 2.71. The van der Waals surface area contributed by atoms with Gasteiger partial charge in [-0.25, -0.2) is 0 Å². The van der Waals surface area contributed by atoms with Gasteiger partial charge < -0.3 is 10.1 Å². The normalized spacial score (nSPS) is 16.2. The van der Waals surface area contributed by atoms with Crippen LogP contribution in [-0.2, 0) is 17.8 Å². The number of nitrogens with one attached hydrogen (secondary N) is 1.